The maximum Gasteiger partial charge on any atom is 0.253 e. The first-order valence-corrected chi connectivity index (χ1v) is 8.51. The van der Waals surface area contributed by atoms with E-state index in [4.69, 9.17) is 4.52 Å². The molecule has 7 heteroatoms. The SMILES string of the molecule is CC(C)c1noc(CC2CCN(C(=O)c3ccc(F)c(F)c3)CC2)n1. The molecule has 1 saturated heterocycles. The van der Waals surface area contributed by atoms with Crippen molar-refractivity contribution in [1.29, 1.82) is 0 Å². The first-order valence-electron chi connectivity index (χ1n) is 8.51. The maximum absolute atomic E-state index is 13.3. The normalized spacial score (nSPS) is 15.8. The summed E-state index contributed by atoms with van der Waals surface area (Å²) in [6.07, 6.45) is 2.33. The third-order valence-corrected chi connectivity index (χ3v) is 4.53. The van der Waals surface area contributed by atoms with Gasteiger partial charge in [-0.15, -0.1) is 0 Å². The van der Waals surface area contributed by atoms with E-state index in [0.717, 1.165) is 25.0 Å². The van der Waals surface area contributed by atoms with Crippen LogP contribution in [0.25, 0.3) is 0 Å². The molecule has 5 nitrogen and oxygen atoms in total. The van der Waals surface area contributed by atoms with Crippen molar-refractivity contribution in [2.75, 3.05) is 13.1 Å². The van der Waals surface area contributed by atoms with Crippen LogP contribution >= 0.6 is 0 Å². The summed E-state index contributed by atoms with van der Waals surface area (Å²) in [5, 5.41) is 3.96. The van der Waals surface area contributed by atoms with E-state index < -0.39 is 11.6 Å². The Morgan fingerprint density at radius 2 is 2.00 bits per heavy atom. The van der Waals surface area contributed by atoms with Gasteiger partial charge in [0, 0.05) is 31.0 Å². The molecule has 2 aromatic rings. The van der Waals surface area contributed by atoms with Crippen molar-refractivity contribution in [2.45, 2.75) is 39.0 Å². The molecule has 25 heavy (non-hydrogen) atoms. The largest absolute Gasteiger partial charge is 0.339 e. The molecule has 3 rings (SSSR count). The molecule has 0 saturated carbocycles. The number of amides is 1. The minimum atomic E-state index is -1.00. The van der Waals surface area contributed by atoms with E-state index in [1.54, 1.807) is 4.90 Å². The highest BCUT2D eigenvalue weighted by atomic mass is 19.2. The molecule has 0 atom stereocenters. The zero-order valence-corrected chi connectivity index (χ0v) is 14.3. The molecule has 1 aromatic carbocycles. The van der Waals surface area contributed by atoms with Crippen molar-refractivity contribution in [1.82, 2.24) is 15.0 Å². The summed E-state index contributed by atoms with van der Waals surface area (Å²) in [4.78, 5) is 18.5. The number of piperidine rings is 1. The maximum atomic E-state index is 13.3. The van der Waals surface area contributed by atoms with Gasteiger partial charge in [-0.25, -0.2) is 8.78 Å². The van der Waals surface area contributed by atoms with Crippen molar-refractivity contribution in [3.8, 4) is 0 Å². The molecule has 0 unspecified atom stereocenters. The van der Waals surface area contributed by atoms with Crippen LogP contribution in [0.15, 0.2) is 22.7 Å². The third-order valence-electron chi connectivity index (χ3n) is 4.53. The van der Waals surface area contributed by atoms with E-state index in [2.05, 4.69) is 10.1 Å². The standard InChI is InChI=1S/C18H21F2N3O2/c1-11(2)17-21-16(25-22-17)9-12-5-7-23(8-6-12)18(24)13-3-4-14(19)15(20)10-13/h3-4,10-12H,5-9H2,1-2H3. The van der Waals surface area contributed by atoms with Crippen molar-refractivity contribution < 1.29 is 18.1 Å². The van der Waals surface area contributed by atoms with E-state index >= 15 is 0 Å². The Morgan fingerprint density at radius 3 is 2.60 bits per heavy atom. The van der Waals surface area contributed by atoms with Gasteiger partial charge < -0.3 is 9.42 Å². The third kappa shape index (κ3) is 4.03. The minimum absolute atomic E-state index is 0.177. The fraction of sp³-hybridized carbons (Fsp3) is 0.500. The fourth-order valence-electron chi connectivity index (χ4n) is 2.98. The summed E-state index contributed by atoms with van der Waals surface area (Å²) in [7, 11) is 0. The molecule has 0 radical (unpaired) electrons. The van der Waals surface area contributed by atoms with E-state index in [9.17, 15) is 13.6 Å². The number of carbonyl (C=O) groups is 1. The highest BCUT2D eigenvalue weighted by molar-refractivity contribution is 5.94. The van der Waals surface area contributed by atoms with E-state index in [-0.39, 0.29) is 17.4 Å². The zero-order chi connectivity index (χ0) is 18.0. The lowest BCUT2D eigenvalue weighted by Gasteiger charge is -2.31. The minimum Gasteiger partial charge on any atom is -0.339 e. The Kier molecular flexibility index (Phi) is 5.11. The molecule has 1 aliphatic heterocycles. The van der Waals surface area contributed by atoms with Crippen molar-refractivity contribution in [2.24, 2.45) is 5.92 Å². The Bertz CT molecular complexity index is 753. The van der Waals surface area contributed by atoms with Crippen LogP contribution in [0.3, 0.4) is 0 Å². The topological polar surface area (TPSA) is 59.2 Å². The van der Waals surface area contributed by atoms with Gasteiger partial charge in [0.1, 0.15) is 0 Å². The van der Waals surface area contributed by atoms with Crippen molar-refractivity contribution in [3.63, 3.8) is 0 Å². The number of halogens is 2. The fourth-order valence-corrected chi connectivity index (χ4v) is 2.98. The summed E-state index contributed by atoms with van der Waals surface area (Å²) in [6, 6.07) is 3.26. The Hall–Kier alpha value is -2.31. The summed E-state index contributed by atoms with van der Waals surface area (Å²) in [6.45, 7) is 5.18. The van der Waals surface area contributed by atoms with Gasteiger partial charge in [-0.2, -0.15) is 4.98 Å². The molecule has 0 spiro atoms. The number of hydrogen-bond donors (Lipinski definition) is 0. The molecule has 1 fully saturated rings. The van der Waals surface area contributed by atoms with Crippen LogP contribution in [0.2, 0.25) is 0 Å². The van der Waals surface area contributed by atoms with Gasteiger partial charge in [-0.05, 0) is 37.0 Å². The Morgan fingerprint density at radius 1 is 1.28 bits per heavy atom. The van der Waals surface area contributed by atoms with Gasteiger partial charge in [-0.3, -0.25) is 4.79 Å². The van der Waals surface area contributed by atoms with Gasteiger partial charge in [0.15, 0.2) is 17.5 Å². The average Bonchev–Trinajstić information content (AvgIpc) is 3.06. The number of aromatic nitrogens is 2. The van der Waals surface area contributed by atoms with Crippen molar-refractivity contribution >= 4 is 5.91 Å². The lowest BCUT2D eigenvalue weighted by Crippen LogP contribution is -2.39. The predicted octanol–water partition coefficient (Wildman–Crippen LogP) is 3.57. The first-order chi connectivity index (χ1) is 11.9. The summed E-state index contributed by atoms with van der Waals surface area (Å²) < 4.78 is 31.6. The summed E-state index contributed by atoms with van der Waals surface area (Å²) in [5.74, 6) is -0.275. The summed E-state index contributed by atoms with van der Waals surface area (Å²) in [5.41, 5.74) is 0.177. The summed E-state index contributed by atoms with van der Waals surface area (Å²) >= 11 is 0. The lowest BCUT2D eigenvalue weighted by atomic mass is 9.93. The van der Waals surface area contributed by atoms with Crippen LogP contribution in [-0.2, 0) is 6.42 Å². The molecule has 0 aliphatic carbocycles. The predicted molar refractivity (Wildman–Crippen MR) is 87.1 cm³/mol. The van der Waals surface area contributed by atoms with Gasteiger partial charge in [0.25, 0.3) is 5.91 Å². The number of rotatable bonds is 4. The van der Waals surface area contributed by atoms with Gasteiger partial charge in [0.2, 0.25) is 5.89 Å². The van der Waals surface area contributed by atoms with Crippen LogP contribution in [0.5, 0.6) is 0 Å². The molecule has 2 heterocycles. The van der Waals surface area contributed by atoms with Crippen LogP contribution < -0.4 is 0 Å². The Balaban J connectivity index is 1.55. The second-order valence-electron chi connectivity index (χ2n) is 6.77. The lowest BCUT2D eigenvalue weighted by molar-refractivity contribution is 0.0687. The highest BCUT2D eigenvalue weighted by Crippen LogP contribution is 2.23. The van der Waals surface area contributed by atoms with Crippen LogP contribution in [0.1, 0.15) is 54.7 Å². The quantitative estimate of drug-likeness (QED) is 0.847. The van der Waals surface area contributed by atoms with Crippen LogP contribution in [0, 0.1) is 17.6 Å². The monoisotopic (exact) mass is 349 g/mol. The van der Waals surface area contributed by atoms with Crippen LogP contribution in [0.4, 0.5) is 8.78 Å². The molecule has 1 amide bonds. The average molecular weight is 349 g/mol. The zero-order valence-electron chi connectivity index (χ0n) is 14.3. The second-order valence-corrected chi connectivity index (χ2v) is 6.77. The molecule has 134 valence electrons. The smallest absolute Gasteiger partial charge is 0.253 e. The molecule has 1 aromatic heterocycles. The molecule has 0 N–H and O–H groups in total. The van der Waals surface area contributed by atoms with E-state index in [1.165, 1.54) is 6.07 Å². The van der Waals surface area contributed by atoms with E-state index in [0.29, 0.717) is 37.1 Å². The van der Waals surface area contributed by atoms with Gasteiger partial charge >= 0.3 is 0 Å². The molecule has 1 aliphatic rings. The number of hydrogen-bond acceptors (Lipinski definition) is 4. The van der Waals surface area contributed by atoms with Gasteiger partial charge in [-0.1, -0.05) is 19.0 Å². The Labute approximate surface area is 145 Å². The van der Waals surface area contributed by atoms with Gasteiger partial charge in [0.05, 0.1) is 0 Å². The highest BCUT2D eigenvalue weighted by Gasteiger charge is 2.25. The van der Waals surface area contributed by atoms with Crippen molar-refractivity contribution in [3.05, 3.63) is 47.1 Å². The number of carbonyl (C=O) groups excluding carboxylic acids is 1. The first kappa shape index (κ1) is 17.5. The van der Waals surface area contributed by atoms with Crippen LogP contribution in [-0.4, -0.2) is 34.0 Å². The molecular formula is C18H21F2N3O2. The number of nitrogens with zero attached hydrogens (tertiary/aromatic N) is 3. The molecule has 0 bridgehead atoms. The number of benzene rings is 1. The number of likely N-dealkylation sites (tertiary alicyclic amines) is 1. The molecular weight excluding hydrogens is 328 g/mol. The van der Waals surface area contributed by atoms with E-state index in [1.807, 2.05) is 13.8 Å². The second kappa shape index (κ2) is 7.29.